The summed E-state index contributed by atoms with van der Waals surface area (Å²) < 4.78 is 50.4. The van der Waals surface area contributed by atoms with E-state index < -0.39 is 31.9 Å². The summed E-state index contributed by atoms with van der Waals surface area (Å²) in [6.07, 6.45) is 0.0622. The number of carbonyl (C=O) groups excluding carboxylic acids is 1. The van der Waals surface area contributed by atoms with E-state index in [-0.39, 0.29) is 37.5 Å². The van der Waals surface area contributed by atoms with Crippen molar-refractivity contribution in [3.8, 4) is 0 Å². The second-order valence-corrected chi connectivity index (χ2v) is 11.2. The Morgan fingerprint density at radius 2 is 1.49 bits per heavy atom. The van der Waals surface area contributed by atoms with E-state index in [0.717, 1.165) is 24.0 Å². The smallest absolute Gasteiger partial charge is 0.363 e. The summed E-state index contributed by atoms with van der Waals surface area (Å²) in [6, 6.07) is 19.5. The molecule has 8 nitrogen and oxygen atoms in total. The van der Waals surface area contributed by atoms with E-state index in [1.165, 1.54) is 6.92 Å². The zero-order valence-corrected chi connectivity index (χ0v) is 24.3. The Kier molecular flexibility index (Phi) is 12.9. The highest BCUT2D eigenvalue weighted by molar-refractivity contribution is 7.58. The SMILES string of the molecule is CCCC[C@H]1O[C@H](COCc2ccccc2)[C@H](OCc2ccccc2)C(OC(C)=O)=C1P(=O)(OCC)OCC. The van der Waals surface area contributed by atoms with E-state index in [2.05, 4.69) is 6.92 Å². The molecule has 0 aromatic heterocycles. The number of carbonyl (C=O) groups is 1. The van der Waals surface area contributed by atoms with Crippen molar-refractivity contribution in [1.29, 1.82) is 0 Å². The predicted molar refractivity (Wildman–Crippen MR) is 149 cm³/mol. The molecular formula is C30H41O8P. The van der Waals surface area contributed by atoms with Crippen LogP contribution in [0.2, 0.25) is 0 Å². The summed E-state index contributed by atoms with van der Waals surface area (Å²) in [5.74, 6) is -0.431. The van der Waals surface area contributed by atoms with Gasteiger partial charge in [0.1, 0.15) is 17.5 Å². The maximum absolute atomic E-state index is 14.2. The predicted octanol–water partition coefficient (Wildman–Crippen LogP) is 6.79. The van der Waals surface area contributed by atoms with Crippen molar-refractivity contribution in [2.24, 2.45) is 0 Å². The first-order valence-electron chi connectivity index (χ1n) is 13.7. The second-order valence-electron chi connectivity index (χ2n) is 9.20. The van der Waals surface area contributed by atoms with Gasteiger partial charge in [-0.1, -0.05) is 80.4 Å². The molecule has 2 aromatic rings. The quantitative estimate of drug-likeness (QED) is 0.164. The molecule has 0 aliphatic carbocycles. The molecule has 0 amide bonds. The Morgan fingerprint density at radius 3 is 2.03 bits per heavy atom. The van der Waals surface area contributed by atoms with Gasteiger partial charge >= 0.3 is 13.6 Å². The maximum Gasteiger partial charge on any atom is 0.363 e. The average Bonchev–Trinajstić information content (AvgIpc) is 2.92. The number of hydrogen-bond donors (Lipinski definition) is 0. The minimum absolute atomic E-state index is 0.129. The first-order valence-corrected chi connectivity index (χ1v) is 15.2. The van der Waals surface area contributed by atoms with Crippen molar-refractivity contribution >= 4 is 13.6 Å². The van der Waals surface area contributed by atoms with Gasteiger partial charge in [0.15, 0.2) is 5.76 Å². The number of benzene rings is 2. The van der Waals surface area contributed by atoms with E-state index >= 15 is 0 Å². The van der Waals surface area contributed by atoms with Gasteiger partial charge in [0.2, 0.25) is 0 Å². The summed E-state index contributed by atoms with van der Waals surface area (Å²) in [6.45, 7) is 7.91. The number of unbranched alkanes of at least 4 members (excludes halogenated alkanes) is 1. The van der Waals surface area contributed by atoms with Crippen LogP contribution in [-0.2, 0) is 50.6 Å². The van der Waals surface area contributed by atoms with Crippen LogP contribution in [0.25, 0.3) is 0 Å². The lowest BCUT2D eigenvalue weighted by atomic mass is 10.0. The Morgan fingerprint density at radius 1 is 0.897 bits per heavy atom. The molecule has 3 rings (SSSR count). The average molecular weight is 561 g/mol. The monoisotopic (exact) mass is 560 g/mol. The largest absolute Gasteiger partial charge is 0.428 e. The van der Waals surface area contributed by atoms with Crippen LogP contribution in [0.15, 0.2) is 71.7 Å². The van der Waals surface area contributed by atoms with Gasteiger partial charge in [-0.2, -0.15) is 0 Å². The van der Waals surface area contributed by atoms with Crippen LogP contribution in [0.5, 0.6) is 0 Å². The van der Waals surface area contributed by atoms with E-state index in [0.29, 0.717) is 13.0 Å². The lowest BCUT2D eigenvalue weighted by Crippen LogP contribution is -2.46. The molecule has 39 heavy (non-hydrogen) atoms. The van der Waals surface area contributed by atoms with Crippen LogP contribution >= 0.6 is 7.60 Å². The molecule has 2 aromatic carbocycles. The third-order valence-electron chi connectivity index (χ3n) is 6.13. The summed E-state index contributed by atoms with van der Waals surface area (Å²) in [7, 11) is -3.88. The van der Waals surface area contributed by atoms with Crippen molar-refractivity contribution in [2.45, 2.75) is 78.5 Å². The van der Waals surface area contributed by atoms with Gasteiger partial charge in [0.05, 0.1) is 39.1 Å². The summed E-state index contributed by atoms with van der Waals surface area (Å²) in [4.78, 5) is 12.4. The minimum Gasteiger partial charge on any atom is -0.428 e. The standard InChI is InChI=1S/C30H41O8P/c1-5-8-19-26-30(39(32,35-6-2)36-7-3)29(37-23(4)31)28(34-21-25-17-13-10-14-18-25)27(38-26)22-33-20-24-15-11-9-12-16-24/h9-18,26-28H,5-8,19-22H2,1-4H3/t26-,27-,28+/m1/s1. The van der Waals surface area contributed by atoms with Gasteiger partial charge in [-0.15, -0.1) is 0 Å². The molecule has 9 heteroatoms. The summed E-state index contributed by atoms with van der Waals surface area (Å²) >= 11 is 0. The number of hydrogen-bond acceptors (Lipinski definition) is 8. The van der Waals surface area contributed by atoms with E-state index in [9.17, 15) is 9.36 Å². The molecule has 0 unspecified atom stereocenters. The van der Waals surface area contributed by atoms with Crippen LogP contribution in [-0.4, -0.2) is 44.1 Å². The van der Waals surface area contributed by atoms with Crippen LogP contribution in [0.4, 0.5) is 0 Å². The molecule has 0 fully saturated rings. The molecule has 1 heterocycles. The van der Waals surface area contributed by atoms with Crippen molar-refractivity contribution in [3.05, 3.63) is 82.9 Å². The highest BCUT2D eigenvalue weighted by atomic mass is 31.2. The fourth-order valence-corrected chi connectivity index (χ4v) is 6.46. The van der Waals surface area contributed by atoms with E-state index in [1.54, 1.807) is 13.8 Å². The Hall–Kier alpha value is -2.32. The third-order valence-corrected chi connectivity index (χ3v) is 8.42. The molecule has 1 aliphatic rings. The van der Waals surface area contributed by atoms with Crippen molar-refractivity contribution in [3.63, 3.8) is 0 Å². The van der Waals surface area contributed by atoms with Gasteiger partial charge in [-0.3, -0.25) is 9.36 Å². The van der Waals surface area contributed by atoms with Gasteiger partial charge in [0, 0.05) is 6.92 Å². The molecule has 0 radical (unpaired) electrons. The fourth-order valence-electron chi connectivity index (χ4n) is 4.44. The molecular weight excluding hydrogens is 519 g/mol. The lowest BCUT2D eigenvalue weighted by Gasteiger charge is -2.40. The van der Waals surface area contributed by atoms with Crippen LogP contribution in [0.1, 0.15) is 58.1 Å². The minimum atomic E-state index is -3.88. The van der Waals surface area contributed by atoms with Crippen molar-refractivity contribution < 1.29 is 37.4 Å². The molecule has 0 N–H and O–H groups in total. The van der Waals surface area contributed by atoms with Gasteiger partial charge in [-0.05, 0) is 31.4 Å². The van der Waals surface area contributed by atoms with Crippen molar-refractivity contribution in [1.82, 2.24) is 0 Å². The Labute approximate surface area is 232 Å². The van der Waals surface area contributed by atoms with Gasteiger partial charge < -0.3 is 28.0 Å². The van der Waals surface area contributed by atoms with Gasteiger partial charge in [0.25, 0.3) is 0 Å². The molecule has 3 atom stereocenters. The zero-order valence-electron chi connectivity index (χ0n) is 23.4. The van der Waals surface area contributed by atoms with Crippen LogP contribution in [0.3, 0.4) is 0 Å². The molecule has 214 valence electrons. The topological polar surface area (TPSA) is 89.5 Å². The normalized spacial score (nSPS) is 19.7. The molecule has 0 spiro atoms. The molecule has 1 aliphatic heterocycles. The Balaban J connectivity index is 2.04. The van der Waals surface area contributed by atoms with E-state index in [4.69, 9.17) is 28.0 Å². The summed E-state index contributed by atoms with van der Waals surface area (Å²) in [5, 5.41) is 0.215. The summed E-state index contributed by atoms with van der Waals surface area (Å²) in [5.41, 5.74) is 1.95. The third kappa shape index (κ3) is 9.10. The van der Waals surface area contributed by atoms with Crippen LogP contribution < -0.4 is 0 Å². The zero-order chi connectivity index (χ0) is 28.1. The van der Waals surface area contributed by atoms with E-state index in [1.807, 2.05) is 60.7 Å². The number of rotatable bonds is 16. The number of ether oxygens (including phenoxy) is 4. The highest BCUT2D eigenvalue weighted by Crippen LogP contribution is 2.61. The Bertz CT molecular complexity index is 1080. The highest BCUT2D eigenvalue weighted by Gasteiger charge is 2.49. The lowest BCUT2D eigenvalue weighted by molar-refractivity contribution is -0.157. The first kappa shape index (κ1) is 31.2. The number of esters is 1. The van der Waals surface area contributed by atoms with Crippen molar-refractivity contribution in [2.75, 3.05) is 19.8 Å². The molecule has 0 saturated carbocycles. The molecule has 0 saturated heterocycles. The fraction of sp³-hybridized carbons (Fsp3) is 0.500. The van der Waals surface area contributed by atoms with Crippen LogP contribution in [0, 0.1) is 0 Å². The molecule has 0 bridgehead atoms. The first-order chi connectivity index (χ1) is 18.9. The maximum atomic E-state index is 14.2. The van der Waals surface area contributed by atoms with Gasteiger partial charge in [-0.25, -0.2) is 0 Å². The second kappa shape index (κ2) is 16.1.